The fourth-order valence-corrected chi connectivity index (χ4v) is 4.75. The van der Waals surface area contributed by atoms with Crippen LogP contribution in [0.25, 0.3) is 0 Å². The van der Waals surface area contributed by atoms with Crippen molar-refractivity contribution in [2.45, 2.75) is 61.2 Å². The number of ether oxygens (including phenoxy) is 5. The number of rotatable bonds is 7. The summed E-state index contributed by atoms with van der Waals surface area (Å²) in [7, 11) is 0. The Morgan fingerprint density at radius 3 is 2.41 bits per heavy atom. The highest BCUT2D eigenvalue weighted by Crippen LogP contribution is 2.38. The van der Waals surface area contributed by atoms with E-state index in [9.17, 15) is 40.5 Å². The minimum Gasteiger partial charge on any atom is -0.508 e. The molecule has 0 spiro atoms. The van der Waals surface area contributed by atoms with Crippen LogP contribution in [0.15, 0.2) is 42.5 Å². The van der Waals surface area contributed by atoms with Crippen molar-refractivity contribution in [3.8, 4) is 17.2 Å². The molecule has 2 aromatic rings. The van der Waals surface area contributed by atoms with Crippen molar-refractivity contribution in [2.75, 3.05) is 19.8 Å². The van der Waals surface area contributed by atoms with E-state index in [1.165, 1.54) is 18.2 Å². The summed E-state index contributed by atoms with van der Waals surface area (Å²) in [5.74, 6) is 0.348. The van der Waals surface area contributed by atoms with Crippen molar-refractivity contribution in [3.63, 3.8) is 0 Å². The average molecular weight is 551 g/mol. The van der Waals surface area contributed by atoms with Gasteiger partial charge in [-0.25, -0.2) is 0 Å². The van der Waals surface area contributed by atoms with Crippen molar-refractivity contribution in [1.82, 2.24) is 0 Å². The van der Waals surface area contributed by atoms with Crippen LogP contribution in [0, 0.1) is 0 Å². The number of Topliss-reactive ketones (excluding diaryl/α,β-unsaturated/α-hetero) is 1. The molecule has 0 unspecified atom stereocenters. The summed E-state index contributed by atoms with van der Waals surface area (Å²) in [6.07, 6.45) is -10.9. The van der Waals surface area contributed by atoms with E-state index < -0.39 is 74.6 Å². The summed E-state index contributed by atoms with van der Waals surface area (Å²) in [5, 5.41) is 70.3. The first-order valence-corrected chi connectivity index (χ1v) is 12.3. The maximum atomic E-state index is 12.5. The zero-order chi connectivity index (χ0) is 27.9. The minimum atomic E-state index is -1.98. The second kappa shape index (κ2) is 11.0. The molecule has 3 aliphatic rings. The van der Waals surface area contributed by atoms with Gasteiger partial charge >= 0.3 is 0 Å². The van der Waals surface area contributed by atoms with Gasteiger partial charge in [0.25, 0.3) is 0 Å². The van der Waals surface area contributed by atoms with Crippen molar-refractivity contribution in [1.29, 1.82) is 0 Å². The van der Waals surface area contributed by atoms with Crippen LogP contribution >= 0.6 is 0 Å². The number of fused-ring (bicyclic) bond motifs is 1. The number of benzene rings is 2. The standard InChI is InChI=1S/C26H30O13/c27-9-19-20(31)21(32)22(39-25-23(33)26(34,10-28)11-35-25)24(38-19)36-14-4-1-12(2-5-14)17-8-16(30)15-6-3-13(29)7-18(15)37-17/h1-7,17,19-25,27-29,31-34H,8-11H2/t17-,19+,20-,21-,22-,23+,24-,25+,26+/m1/s1. The zero-order valence-corrected chi connectivity index (χ0v) is 20.6. The molecule has 3 aliphatic heterocycles. The molecule has 2 fully saturated rings. The monoisotopic (exact) mass is 550 g/mol. The van der Waals surface area contributed by atoms with E-state index in [1.54, 1.807) is 24.3 Å². The topological polar surface area (TPSA) is 205 Å². The first-order valence-electron chi connectivity index (χ1n) is 12.3. The molecule has 7 N–H and O–H groups in total. The van der Waals surface area contributed by atoms with Gasteiger partial charge in [-0.1, -0.05) is 12.1 Å². The molecule has 0 amide bonds. The maximum absolute atomic E-state index is 12.5. The minimum absolute atomic E-state index is 0.0275. The Morgan fingerprint density at radius 1 is 1.00 bits per heavy atom. The van der Waals surface area contributed by atoms with Crippen LogP contribution in [0.1, 0.15) is 28.4 Å². The highest BCUT2D eigenvalue weighted by Gasteiger charge is 2.53. The van der Waals surface area contributed by atoms with Crippen LogP contribution in [0.2, 0.25) is 0 Å². The largest absolute Gasteiger partial charge is 0.508 e. The van der Waals surface area contributed by atoms with Crippen LogP contribution in [0.3, 0.4) is 0 Å². The molecular formula is C26H30O13. The van der Waals surface area contributed by atoms with Crippen molar-refractivity contribution >= 4 is 5.78 Å². The van der Waals surface area contributed by atoms with Gasteiger partial charge in [0, 0.05) is 6.07 Å². The van der Waals surface area contributed by atoms with Crippen molar-refractivity contribution in [3.05, 3.63) is 53.6 Å². The third-order valence-electron chi connectivity index (χ3n) is 7.11. The predicted molar refractivity (Wildman–Crippen MR) is 128 cm³/mol. The van der Waals surface area contributed by atoms with Gasteiger partial charge in [-0.3, -0.25) is 4.79 Å². The number of aromatic hydroxyl groups is 1. The quantitative estimate of drug-likeness (QED) is 0.215. The van der Waals surface area contributed by atoms with E-state index in [2.05, 4.69) is 0 Å². The normalized spacial score (nSPS) is 36.3. The smallest absolute Gasteiger partial charge is 0.229 e. The summed E-state index contributed by atoms with van der Waals surface area (Å²) < 4.78 is 28.3. The molecular weight excluding hydrogens is 520 g/mol. The number of aliphatic hydroxyl groups excluding tert-OH is 5. The Morgan fingerprint density at radius 2 is 1.74 bits per heavy atom. The van der Waals surface area contributed by atoms with E-state index in [0.717, 1.165) is 0 Å². The Kier molecular flexibility index (Phi) is 7.79. The van der Waals surface area contributed by atoms with Gasteiger partial charge in [0.2, 0.25) is 6.29 Å². The number of phenols is 1. The fraction of sp³-hybridized carbons (Fsp3) is 0.500. The molecule has 212 valence electrons. The van der Waals surface area contributed by atoms with Gasteiger partial charge in [0.15, 0.2) is 18.2 Å². The van der Waals surface area contributed by atoms with E-state index >= 15 is 0 Å². The lowest BCUT2D eigenvalue weighted by Crippen LogP contribution is -2.62. The summed E-state index contributed by atoms with van der Waals surface area (Å²) >= 11 is 0. The SMILES string of the molecule is O=C1C[C@H](c2ccc(O[C@@H]3O[C@@H](CO)[C@@H](O)[C@@H](O)[C@H]3O[C@@H]3OC[C@@](O)(CO)[C@H]3O)cc2)Oc2cc(O)ccc21. The van der Waals surface area contributed by atoms with Crippen LogP contribution in [0.5, 0.6) is 17.2 Å². The molecule has 13 heteroatoms. The number of aliphatic hydroxyl groups is 6. The lowest BCUT2D eigenvalue weighted by Gasteiger charge is -2.42. The highest BCUT2D eigenvalue weighted by atomic mass is 16.8. The predicted octanol–water partition coefficient (Wildman–Crippen LogP) is -1.26. The molecule has 0 aromatic heterocycles. The second-order valence-electron chi connectivity index (χ2n) is 9.79. The van der Waals surface area contributed by atoms with Crippen LogP contribution in [-0.2, 0) is 14.2 Å². The van der Waals surface area contributed by atoms with Gasteiger partial charge in [-0.05, 0) is 29.8 Å². The summed E-state index contributed by atoms with van der Waals surface area (Å²) in [4.78, 5) is 12.5. The van der Waals surface area contributed by atoms with Crippen molar-refractivity contribution in [2.24, 2.45) is 0 Å². The molecule has 2 aromatic carbocycles. The van der Waals surface area contributed by atoms with Crippen LogP contribution in [-0.4, -0.2) is 110 Å². The van der Waals surface area contributed by atoms with E-state index in [4.69, 9.17) is 23.7 Å². The van der Waals surface area contributed by atoms with Gasteiger partial charge < -0.3 is 59.4 Å². The molecule has 39 heavy (non-hydrogen) atoms. The molecule has 5 rings (SSSR count). The molecule has 0 radical (unpaired) electrons. The third-order valence-corrected chi connectivity index (χ3v) is 7.11. The van der Waals surface area contributed by atoms with Gasteiger partial charge in [0.1, 0.15) is 53.4 Å². The molecule has 9 atom stereocenters. The molecule has 0 saturated carbocycles. The Labute approximate surface area is 222 Å². The lowest BCUT2D eigenvalue weighted by atomic mass is 9.96. The highest BCUT2D eigenvalue weighted by molar-refractivity contribution is 6.00. The Bertz CT molecular complexity index is 1170. The fourth-order valence-electron chi connectivity index (χ4n) is 4.75. The number of carbonyl (C=O) groups excluding carboxylic acids is 1. The van der Waals surface area contributed by atoms with Gasteiger partial charge in [-0.15, -0.1) is 0 Å². The van der Waals surface area contributed by atoms with E-state index in [1.807, 2.05) is 0 Å². The lowest BCUT2D eigenvalue weighted by molar-refractivity contribution is -0.318. The number of ketones is 1. The molecule has 0 bridgehead atoms. The van der Waals surface area contributed by atoms with E-state index in [-0.39, 0.29) is 29.5 Å². The molecule has 3 heterocycles. The second-order valence-corrected chi connectivity index (χ2v) is 9.79. The average Bonchev–Trinajstić information content (AvgIpc) is 3.21. The Balaban J connectivity index is 1.31. The first-order chi connectivity index (χ1) is 18.6. The van der Waals surface area contributed by atoms with Crippen LogP contribution < -0.4 is 9.47 Å². The molecule has 2 saturated heterocycles. The Hall–Kier alpha value is -2.85. The summed E-state index contributed by atoms with van der Waals surface area (Å²) in [6.45, 7) is -1.88. The summed E-state index contributed by atoms with van der Waals surface area (Å²) in [5.41, 5.74) is -0.945. The van der Waals surface area contributed by atoms with Gasteiger partial charge in [-0.2, -0.15) is 0 Å². The maximum Gasteiger partial charge on any atom is 0.229 e. The van der Waals surface area contributed by atoms with Crippen LogP contribution in [0.4, 0.5) is 0 Å². The first kappa shape index (κ1) is 27.7. The van der Waals surface area contributed by atoms with Crippen molar-refractivity contribution < 1.29 is 64.2 Å². The number of hydrogen-bond acceptors (Lipinski definition) is 13. The molecule has 13 nitrogen and oxygen atoms in total. The van der Waals surface area contributed by atoms with Gasteiger partial charge in [0.05, 0.1) is 31.8 Å². The number of phenolic OH excluding ortho intramolecular Hbond substituents is 1. The number of hydrogen-bond donors (Lipinski definition) is 7. The number of carbonyl (C=O) groups is 1. The molecule has 0 aliphatic carbocycles. The van der Waals surface area contributed by atoms with E-state index in [0.29, 0.717) is 11.1 Å². The summed E-state index contributed by atoms with van der Waals surface area (Å²) in [6, 6.07) is 10.7. The third kappa shape index (κ3) is 5.33. The zero-order valence-electron chi connectivity index (χ0n) is 20.6.